The van der Waals surface area contributed by atoms with Crippen LogP contribution in [0.3, 0.4) is 0 Å². The molecule has 4 heteroatoms. The Kier molecular flexibility index (Phi) is 2.44. The highest BCUT2D eigenvalue weighted by atomic mass is 127. The third-order valence-corrected chi connectivity index (χ3v) is 2.92. The van der Waals surface area contributed by atoms with Crippen LogP contribution in [0.5, 0.6) is 0 Å². The molecular weight excluding hydrogens is 378 g/mol. The molecule has 0 aliphatic rings. The predicted octanol–water partition coefficient (Wildman–Crippen LogP) is 2.84. The second-order valence-corrected chi connectivity index (χ2v) is 4.44. The Morgan fingerprint density at radius 3 is 2.83 bits per heavy atom. The average molecular weight is 382 g/mol. The van der Waals surface area contributed by atoms with Crippen LogP contribution in [0, 0.1) is 7.40 Å². The highest BCUT2D eigenvalue weighted by Gasteiger charge is 1.99. The number of para-hydroxylation sites is 1. The van der Waals surface area contributed by atoms with Gasteiger partial charge < -0.3 is 0 Å². The summed E-state index contributed by atoms with van der Waals surface area (Å²) in [5, 5.41) is 1.10. The van der Waals surface area contributed by atoms with Crippen molar-refractivity contribution in [1.29, 1.82) is 0 Å². The Hall–Kier alpha value is 0.0200. The van der Waals surface area contributed by atoms with E-state index in [1.54, 1.807) is 0 Å². The first-order valence-corrected chi connectivity index (χ1v) is 5.50. The van der Waals surface area contributed by atoms with E-state index in [0.29, 0.717) is 0 Å². The summed E-state index contributed by atoms with van der Waals surface area (Å²) < 4.78 is 1.97. The Morgan fingerprint density at radius 2 is 2.00 bits per heavy atom. The summed E-state index contributed by atoms with van der Waals surface area (Å²) in [7, 11) is 0. The molecule has 12 heavy (non-hydrogen) atoms. The van der Waals surface area contributed by atoms with Gasteiger partial charge in [0.1, 0.15) is 0 Å². The number of benzene rings is 1. The van der Waals surface area contributed by atoms with E-state index in [1.807, 2.05) is 24.4 Å². The number of nitrogens with zero attached hydrogens (tertiary/aromatic N) is 2. The van der Waals surface area contributed by atoms with E-state index < -0.39 is 0 Å². The first kappa shape index (κ1) is 8.61. The smallest absolute Gasteiger partial charge is 0.191 e. The monoisotopic (exact) mass is 382 g/mol. The van der Waals surface area contributed by atoms with Gasteiger partial charge in [0.25, 0.3) is 0 Å². The van der Waals surface area contributed by atoms with Crippen molar-refractivity contribution in [3.63, 3.8) is 0 Å². The molecule has 0 aliphatic carbocycles. The molecule has 0 bridgehead atoms. The fourth-order valence-electron chi connectivity index (χ4n) is 0.998. The quantitative estimate of drug-likeness (QED) is 0.518. The largest absolute Gasteiger partial charge is 0.231 e. The van der Waals surface area contributed by atoms with E-state index in [2.05, 4.69) is 55.1 Å². The van der Waals surface area contributed by atoms with Gasteiger partial charge in [0.05, 0.1) is 5.52 Å². The maximum absolute atomic E-state index is 4.34. The van der Waals surface area contributed by atoms with Crippen molar-refractivity contribution >= 4 is 56.1 Å². The highest BCUT2D eigenvalue weighted by molar-refractivity contribution is 14.1. The fraction of sp³-hybridized carbons (Fsp3) is 0. The van der Waals surface area contributed by atoms with Gasteiger partial charge >= 0.3 is 0 Å². The standard InChI is InChI=1S/C8H4I2N2/c9-6-3-1-2-5-4-11-8(10)12-7(5)6/h1-4H. The van der Waals surface area contributed by atoms with Crippen LogP contribution in [0.2, 0.25) is 0 Å². The molecule has 60 valence electrons. The van der Waals surface area contributed by atoms with E-state index >= 15 is 0 Å². The second-order valence-electron chi connectivity index (χ2n) is 2.32. The molecule has 0 fully saturated rings. The SMILES string of the molecule is Ic1ncc2cccc(I)c2n1. The van der Waals surface area contributed by atoms with E-state index in [0.717, 1.165) is 14.7 Å². The Bertz CT molecular complexity index is 428. The maximum Gasteiger partial charge on any atom is 0.191 e. The van der Waals surface area contributed by atoms with Crippen LogP contribution in [0.1, 0.15) is 0 Å². The zero-order valence-electron chi connectivity index (χ0n) is 5.96. The lowest BCUT2D eigenvalue weighted by molar-refractivity contribution is 1.15. The molecule has 0 aliphatic heterocycles. The van der Waals surface area contributed by atoms with Gasteiger partial charge in [-0.2, -0.15) is 0 Å². The van der Waals surface area contributed by atoms with Crippen molar-refractivity contribution in [3.8, 4) is 0 Å². The van der Waals surface area contributed by atoms with E-state index in [-0.39, 0.29) is 0 Å². The average Bonchev–Trinajstić information content (AvgIpc) is 2.07. The molecule has 2 nitrogen and oxygen atoms in total. The van der Waals surface area contributed by atoms with Crippen LogP contribution >= 0.6 is 45.2 Å². The second kappa shape index (κ2) is 3.41. The number of halogens is 2. The molecule has 0 saturated carbocycles. The lowest BCUT2D eigenvalue weighted by atomic mass is 10.2. The molecule has 0 saturated heterocycles. The van der Waals surface area contributed by atoms with E-state index in [1.165, 1.54) is 3.57 Å². The van der Waals surface area contributed by atoms with Gasteiger partial charge in [0.15, 0.2) is 3.83 Å². The predicted molar refractivity (Wildman–Crippen MR) is 65.0 cm³/mol. The summed E-state index contributed by atoms with van der Waals surface area (Å²) in [5.41, 5.74) is 1.04. The van der Waals surface area contributed by atoms with Gasteiger partial charge in [-0.05, 0) is 28.7 Å². The third kappa shape index (κ3) is 1.54. The summed E-state index contributed by atoms with van der Waals surface area (Å²) in [5.74, 6) is 0. The molecule has 0 radical (unpaired) electrons. The zero-order chi connectivity index (χ0) is 8.55. The molecule has 0 amide bonds. The van der Waals surface area contributed by atoms with Gasteiger partial charge in [0.2, 0.25) is 0 Å². The van der Waals surface area contributed by atoms with Crippen molar-refractivity contribution in [2.24, 2.45) is 0 Å². The minimum Gasteiger partial charge on any atom is -0.231 e. The van der Waals surface area contributed by atoms with Gasteiger partial charge in [-0.1, -0.05) is 12.1 Å². The molecule has 0 N–H and O–H groups in total. The normalized spacial score (nSPS) is 10.5. The minimum absolute atomic E-state index is 0.796. The van der Waals surface area contributed by atoms with Crippen LogP contribution in [0.25, 0.3) is 10.9 Å². The number of hydrogen-bond donors (Lipinski definition) is 0. The number of aromatic nitrogens is 2. The summed E-state index contributed by atoms with van der Waals surface area (Å²) in [6.07, 6.45) is 1.85. The van der Waals surface area contributed by atoms with Crippen LogP contribution in [0.4, 0.5) is 0 Å². The lowest BCUT2D eigenvalue weighted by Crippen LogP contribution is -1.89. The molecule has 1 heterocycles. The first-order valence-electron chi connectivity index (χ1n) is 3.34. The van der Waals surface area contributed by atoms with Gasteiger partial charge in [0, 0.05) is 37.7 Å². The molecule has 1 aromatic carbocycles. The van der Waals surface area contributed by atoms with Crippen molar-refractivity contribution in [2.75, 3.05) is 0 Å². The van der Waals surface area contributed by atoms with Crippen molar-refractivity contribution in [1.82, 2.24) is 9.97 Å². The Balaban J connectivity index is 2.88. The number of rotatable bonds is 0. The zero-order valence-corrected chi connectivity index (χ0v) is 10.3. The highest BCUT2D eigenvalue weighted by Crippen LogP contribution is 2.17. The van der Waals surface area contributed by atoms with Crippen molar-refractivity contribution < 1.29 is 0 Å². The van der Waals surface area contributed by atoms with Gasteiger partial charge in [-0.3, -0.25) is 0 Å². The van der Waals surface area contributed by atoms with E-state index in [9.17, 15) is 0 Å². The Labute approximate surface area is 97.1 Å². The summed E-state index contributed by atoms with van der Waals surface area (Å²) in [6, 6.07) is 6.08. The summed E-state index contributed by atoms with van der Waals surface area (Å²) >= 11 is 4.40. The fourth-order valence-corrected chi connectivity index (χ4v) is 2.02. The third-order valence-electron chi connectivity index (χ3n) is 1.53. The molecule has 2 aromatic rings. The molecule has 2 rings (SSSR count). The van der Waals surface area contributed by atoms with Crippen LogP contribution in [-0.4, -0.2) is 9.97 Å². The Morgan fingerprint density at radius 1 is 1.17 bits per heavy atom. The first-order chi connectivity index (χ1) is 5.77. The van der Waals surface area contributed by atoms with Gasteiger partial charge in [-0.25, -0.2) is 9.97 Å². The van der Waals surface area contributed by atoms with Gasteiger partial charge in [-0.15, -0.1) is 0 Å². The molecular formula is C8H4I2N2. The summed E-state index contributed by atoms with van der Waals surface area (Å²) in [4.78, 5) is 8.46. The van der Waals surface area contributed by atoms with Crippen molar-refractivity contribution in [2.45, 2.75) is 0 Å². The maximum atomic E-state index is 4.34. The number of fused-ring (bicyclic) bond motifs is 1. The van der Waals surface area contributed by atoms with Crippen molar-refractivity contribution in [3.05, 3.63) is 31.8 Å². The number of hydrogen-bond acceptors (Lipinski definition) is 2. The lowest BCUT2D eigenvalue weighted by Gasteiger charge is -1.98. The molecule has 1 aromatic heterocycles. The van der Waals surface area contributed by atoms with E-state index in [4.69, 9.17) is 0 Å². The minimum atomic E-state index is 0.796. The van der Waals surface area contributed by atoms with Crippen LogP contribution in [0.15, 0.2) is 24.4 Å². The molecule has 0 atom stereocenters. The topological polar surface area (TPSA) is 25.8 Å². The van der Waals surface area contributed by atoms with Crippen LogP contribution < -0.4 is 0 Å². The van der Waals surface area contributed by atoms with Crippen LogP contribution in [-0.2, 0) is 0 Å². The summed E-state index contributed by atoms with van der Waals surface area (Å²) in [6.45, 7) is 0. The molecule has 0 spiro atoms. The molecule has 0 unspecified atom stereocenters.